The summed E-state index contributed by atoms with van der Waals surface area (Å²) in [5.74, 6) is 0.428. The van der Waals surface area contributed by atoms with Crippen molar-refractivity contribution in [2.24, 2.45) is 11.7 Å². The van der Waals surface area contributed by atoms with Gasteiger partial charge in [-0.15, -0.1) is 0 Å². The number of nitrogens with two attached hydrogens (primary N) is 1. The second-order valence-corrected chi connectivity index (χ2v) is 5.16. The van der Waals surface area contributed by atoms with Crippen LogP contribution in [0.1, 0.15) is 37.9 Å². The lowest BCUT2D eigenvalue weighted by Crippen LogP contribution is -2.38. The first-order valence-electron chi connectivity index (χ1n) is 6.76. The van der Waals surface area contributed by atoms with Crippen LogP contribution in [0, 0.1) is 11.7 Å². The predicted molar refractivity (Wildman–Crippen MR) is 70.6 cm³/mol. The second kappa shape index (κ2) is 6.25. The van der Waals surface area contributed by atoms with E-state index in [0.717, 1.165) is 31.7 Å². The fraction of sp³-hybridized carbons (Fsp3) is 0.643. The number of halogens is 1. The first-order valence-corrected chi connectivity index (χ1v) is 6.76. The van der Waals surface area contributed by atoms with Crippen molar-refractivity contribution >= 4 is 0 Å². The number of rotatable bonds is 4. The smallest absolute Gasteiger partial charge is 0.141 e. The number of nitrogens with zero attached hydrogens (tertiary/aromatic N) is 2. The Balaban J connectivity index is 1.99. The summed E-state index contributed by atoms with van der Waals surface area (Å²) < 4.78 is 12.9. The molecule has 0 bridgehead atoms. The quantitative estimate of drug-likeness (QED) is 0.893. The van der Waals surface area contributed by atoms with E-state index in [4.69, 9.17) is 5.73 Å². The topological polar surface area (TPSA) is 42.2 Å². The van der Waals surface area contributed by atoms with E-state index in [1.54, 1.807) is 6.07 Å². The number of aromatic nitrogens is 1. The van der Waals surface area contributed by atoms with E-state index in [9.17, 15) is 4.39 Å². The van der Waals surface area contributed by atoms with Crippen LogP contribution in [0.15, 0.2) is 18.3 Å². The number of hydrogen-bond donors (Lipinski definition) is 1. The van der Waals surface area contributed by atoms with Gasteiger partial charge in [0.25, 0.3) is 0 Å². The first-order chi connectivity index (χ1) is 8.70. The average molecular weight is 251 g/mol. The van der Waals surface area contributed by atoms with Crippen LogP contribution in [0.5, 0.6) is 0 Å². The minimum absolute atomic E-state index is 0.256. The summed E-state index contributed by atoms with van der Waals surface area (Å²) >= 11 is 0. The van der Waals surface area contributed by atoms with Gasteiger partial charge in [0.1, 0.15) is 5.82 Å². The summed E-state index contributed by atoms with van der Waals surface area (Å²) in [7, 11) is 0. The van der Waals surface area contributed by atoms with Crippen LogP contribution < -0.4 is 5.73 Å². The standard InChI is InChI=1S/C14H22FN3/c1-11(14-5-4-13(15)9-17-14)18-8-2-3-12(10-18)6-7-16/h4-5,9,11-12H,2-3,6-8,10,16H2,1H3. The maximum atomic E-state index is 12.9. The molecule has 2 N–H and O–H groups in total. The highest BCUT2D eigenvalue weighted by molar-refractivity contribution is 5.09. The first kappa shape index (κ1) is 13.4. The number of pyridine rings is 1. The Morgan fingerprint density at radius 1 is 1.56 bits per heavy atom. The summed E-state index contributed by atoms with van der Waals surface area (Å²) in [6.45, 7) is 5.09. The summed E-state index contributed by atoms with van der Waals surface area (Å²) in [5.41, 5.74) is 6.59. The Hall–Kier alpha value is -1.00. The van der Waals surface area contributed by atoms with E-state index >= 15 is 0 Å². The van der Waals surface area contributed by atoms with Gasteiger partial charge in [-0.2, -0.15) is 0 Å². The molecule has 0 aromatic carbocycles. The van der Waals surface area contributed by atoms with Crippen molar-refractivity contribution in [3.8, 4) is 0 Å². The molecule has 3 nitrogen and oxygen atoms in total. The summed E-state index contributed by atoms with van der Waals surface area (Å²) in [6.07, 6.45) is 4.89. The molecule has 4 heteroatoms. The van der Waals surface area contributed by atoms with Gasteiger partial charge in [0.2, 0.25) is 0 Å². The highest BCUT2D eigenvalue weighted by Gasteiger charge is 2.24. The highest BCUT2D eigenvalue weighted by atomic mass is 19.1. The SMILES string of the molecule is CC(c1ccc(F)cn1)N1CCCC(CCN)C1. The molecule has 2 atom stereocenters. The molecular formula is C14H22FN3. The fourth-order valence-electron chi connectivity index (χ4n) is 2.74. The maximum Gasteiger partial charge on any atom is 0.141 e. The Kier molecular flexibility index (Phi) is 4.66. The Morgan fingerprint density at radius 2 is 2.39 bits per heavy atom. The van der Waals surface area contributed by atoms with Crippen molar-refractivity contribution < 1.29 is 4.39 Å². The third-order valence-corrected chi connectivity index (χ3v) is 3.85. The van der Waals surface area contributed by atoms with E-state index < -0.39 is 0 Å². The van der Waals surface area contributed by atoms with Gasteiger partial charge in [0, 0.05) is 12.6 Å². The molecule has 2 heterocycles. The number of hydrogen-bond acceptors (Lipinski definition) is 3. The van der Waals surface area contributed by atoms with Crippen LogP contribution in [0.4, 0.5) is 4.39 Å². The van der Waals surface area contributed by atoms with Gasteiger partial charge in [-0.3, -0.25) is 9.88 Å². The molecule has 1 aromatic heterocycles. The van der Waals surface area contributed by atoms with Crippen LogP contribution in [0.3, 0.4) is 0 Å². The zero-order valence-corrected chi connectivity index (χ0v) is 11.0. The van der Waals surface area contributed by atoms with E-state index in [0.29, 0.717) is 5.92 Å². The van der Waals surface area contributed by atoms with E-state index in [2.05, 4.69) is 16.8 Å². The molecular weight excluding hydrogens is 229 g/mol. The second-order valence-electron chi connectivity index (χ2n) is 5.16. The molecule has 1 aromatic rings. The molecule has 0 spiro atoms. The van der Waals surface area contributed by atoms with Crippen LogP contribution in [0.2, 0.25) is 0 Å². The van der Waals surface area contributed by atoms with Gasteiger partial charge in [-0.25, -0.2) is 4.39 Å². The van der Waals surface area contributed by atoms with E-state index in [-0.39, 0.29) is 11.9 Å². The molecule has 2 unspecified atom stereocenters. The van der Waals surface area contributed by atoms with Crippen molar-refractivity contribution in [2.75, 3.05) is 19.6 Å². The molecule has 18 heavy (non-hydrogen) atoms. The van der Waals surface area contributed by atoms with Crippen molar-refractivity contribution in [3.63, 3.8) is 0 Å². The fourth-order valence-corrected chi connectivity index (χ4v) is 2.74. The van der Waals surface area contributed by atoms with Gasteiger partial charge in [0.15, 0.2) is 0 Å². The number of likely N-dealkylation sites (tertiary alicyclic amines) is 1. The lowest BCUT2D eigenvalue weighted by molar-refractivity contribution is 0.126. The molecule has 2 rings (SSSR count). The highest BCUT2D eigenvalue weighted by Crippen LogP contribution is 2.26. The molecule has 1 saturated heterocycles. The van der Waals surface area contributed by atoms with Crippen molar-refractivity contribution in [1.82, 2.24) is 9.88 Å². The summed E-state index contributed by atoms with van der Waals surface area (Å²) in [5, 5.41) is 0. The minimum Gasteiger partial charge on any atom is -0.330 e. The molecule has 0 aliphatic carbocycles. The van der Waals surface area contributed by atoms with Crippen LogP contribution in [-0.2, 0) is 0 Å². The molecule has 100 valence electrons. The molecule has 1 fully saturated rings. The monoisotopic (exact) mass is 251 g/mol. The summed E-state index contributed by atoms with van der Waals surface area (Å²) in [4.78, 5) is 6.62. The Morgan fingerprint density at radius 3 is 3.06 bits per heavy atom. The molecule has 0 radical (unpaired) electrons. The molecule has 0 amide bonds. The van der Waals surface area contributed by atoms with E-state index in [1.807, 2.05) is 0 Å². The van der Waals surface area contributed by atoms with Crippen molar-refractivity contribution in [2.45, 2.75) is 32.2 Å². The van der Waals surface area contributed by atoms with Crippen LogP contribution in [0.25, 0.3) is 0 Å². The van der Waals surface area contributed by atoms with Gasteiger partial charge < -0.3 is 5.73 Å². The molecule has 0 saturated carbocycles. The third-order valence-electron chi connectivity index (χ3n) is 3.85. The average Bonchev–Trinajstić information content (AvgIpc) is 2.39. The van der Waals surface area contributed by atoms with Crippen LogP contribution in [-0.4, -0.2) is 29.5 Å². The van der Waals surface area contributed by atoms with Gasteiger partial charge >= 0.3 is 0 Å². The zero-order valence-electron chi connectivity index (χ0n) is 11.0. The van der Waals surface area contributed by atoms with Gasteiger partial charge in [0.05, 0.1) is 11.9 Å². The maximum absolute atomic E-state index is 12.9. The predicted octanol–water partition coefficient (Wildman–Crippen LogP) is 2.34. The zero-order chi connectivity index (χ0) is 13.0. The lowest BCUT2D eigenvalue weighted by atomic mass is 9.93. The van der Waals surface area contributed by atoms with Crippen LogP contribution >= 0.6 is 0 Å². The minimum atomic E-state index is -0.273. The largest absolute Gasteiger partial charge is 0.330 e. The summed E-state index contributed by atoms with van der Waals surface area (Å²) in [6, 6.07) is 3.53. The lowest BCUT2D eigenvalue weighted by Gasteiger charge is -2.36. The van der Waals surface area contributed by atoms with Gasteiger partial charge in [-0.05, 0) is 57.3 Å². The third kappa shape index (κ3) is 3.27. The Labute approximate surface area is 108 Å². The normalized spacial score (nSPS) is 22.9. The molecule has 1 aliphatic heterocycles. The van der Waals surface area contributed by atoms with Crippen molar-refractivity contribution in [3.05, 3.63) is 29.8 Å². The Bertz CT molecular complexity index is 364. The number of piperidine rings is 1. The molecule has 1 aliphatic rings. The van der Waals surface area contributed by atoms with Gasteiger partial charge in [-0.1, -0.05) is 0 Å². The van der Waals surface area contributed by atoms with Crippen molar-refractivity contribution in [1.29, 1.82) is 0 Å². The van der Waals surface area contributed by atoms with E-state index in [1.165, 1.54) is 25.1 Å².